The summed E-state index contributed by atoms with van der Waals surface area (Å²) in [6, 6.07) is 5.26. The topological polar surface area (TPSA) is 360 Å². The highest BCUT2D eigenvalue weighted by Crippen LogP contribution is 2.38. The van der Waals surface area contributed by atoms with Crippen molar-refractivity contribution in [2.24, 2.45) is 23.5 Å². The fourth-order valence-electron chi connectivity index (χ4n) is 9.84. The summed E-state index contributed by atoms with van der Waals surface area (Å²) in [5.74, 6) is -7.63. The van der Waals surface area contributed by atoms with Crippen molar-refractivity contribution in [3.8, 4) is 0 Å². The Labute approximate surface area is 456 Å². The molecule has 3 heterocycles. The molecule has 434 valence electrons. The van der Waals surface area contributed by atoms with Crippen molar-refractivity contribution in [3.63, 3.8) is 0 Å². The number of Topliss-reactive ketones (excluding diaryl/α,β-unsaturated/α-hetero) is 2. The van der Waals surface area contributed by atoms with Crippen molar-refractivity contribution in [2.75, 3.05) is 5.73 Å². The van der Waals surface area contributed by atoms with Crippen molar-refractivity contribution in [2.45, 2.75) is 196 Å². The van der Waals surface area contributed by atoms with Crippen molar-refractivity contribution in [1.29, 1.82) is 0 Å². The van der Waals surface area contributed by atoms with Gasteiger partial charge in [-0.2, -0.15) is 0 Å². The summed E-state index contributed by atoms with van der Waals surface area (Å²) in [6.07, 6.45) is 6.31. The van der Waals surface area contributed by atoms with E-state index in [-0.39, 0.29) is 69.0 Å². The first-order chi connectivity index (χ1) is 36.9. The van der Waals surface area contributed by atoms with Crippen LogP contribution in [0.25, 0.3) is 0 Å². The van der Waals surface area contributed by atoms with Crippen LogP contribution in [0.4, 0.5) is 5.69 Å². The number of ether oxygens (including phenoxy) is 4. The maximum Gasteiger partial charge on any atom is 0.313 e. The van der Waals surface area contributed by atoms with Crippen LogP contribution < -0.4 is 11.5 Å². The van der Waals surface area contributed by atoms with Crippen molar-refractivity contribution >= 4 is 29.2 Å². The Bertz CT molecular complexity index is 2250. The predicted octanol–water partition coefficient (Wildman–Crippen LogP) is 3.32. The van der Waals surface area contributed by atoms with Crippen molar-refractivity contribution in [1.82, 2.24) is 0 Å². The van der Waals surface area contributed by atoms with Crippen LogP contribution in [-0.2, 0) is 33.3 Å². The average molecular weight is 1100 g/mol. The number of hydrogen-bond donors (Lipinski definition) is 12. The number of fused-ring (bicyclic) bond motifs is 2. The van der Waals surface area contributed by atoms with Gasteiger partial charge in [-0.3, -0.25) is 19.2 Å². The van der Waals surface area contributed by atoms with Gasteiger partial charge in [-0.25, -0.2) is 0 Å². The minimum atomic E-state index is -2.27. The van der Waals surface area contributed by atoms with Gasteiger partial charge in [0.25, 0.3) is 0 Å². The number of aliphatic carboxylic acids is 1. The Morgan fingerprint density at radius 2 is 1.32 bits per heavy atom. The van der Waals surface area contributed by atoms with Crippen LogP contribution in [0.2, 0.25) is 0 Å². The Morgan fingerprint density at radius 3 is 1.91 bits per heavy atom. The fraction of sp³-hybridized carbons (Fsp3) is 0.586. The third-order valence-electron chi connectivity index (χ3n) is 14.1. The first-order valence-corrected chi connectivity index (χ1v) is 26.9. The number of carboxylic acid groups (broad SMARTS) is 1. The van der Waals surface area contributed by atoms with Gasteiger partial charge in [0, 0.05) is 49.3 Å². The normalized spacial score (nSPS) is 37.8. The molecule has 3 aliphatic rings. The molecule has 0 amide bonds. The number of allylic oxidation sites excluding steroid dienone is 12. The summed E-state index contributed by atoms with van der Waals surface area (Å²) in [5, 5.41) is 108. The number of aliphatic hydroxyl groups excluding tert-OH is 8. The van der Waals surface area contributed by atoms with E-state index in [1.807, 2.05) is 19.9 Å². The number of hydrogen-bond acceptors (Lipinski definition) is 19. The molecule has 4 rings (SSSR count). The highest BCUT2D eigenvalue weighted by molar-refractivity contribution is 5.96. The monoisotopic (exact) mass is 1100 g/mol. The number of cyclic esters (lactones) is 1. The van der Waals surface area contributed by atoms with Crippen LogP contribution in [-0.4, -0.2) is 166 Å². The number of carbonyl (C=O) groups is 4. The Hall–Kier alpha value is -5.04. The van der Waals surface area contributed by atoms with Gasteiger partial charge in [-0.05, 0) is 82.1 Å². The van der Waals surface area contributed by atoms with E-state index in [2.05, 4.69) is 0 Å². The maximum absolute atomic E-state index is 13.3. The van der Waals surface area contributed by atoms with Crippen molar-refractivity contribution < 1.29 is 89.2 Å². The van der Waals surface area contributed by atoms with Gasteiger partial charge in [0.15, 0.2) is 17.9 Å². The zero-order valence-corrected chi connectivity index (χ0v) is 44.8. The van der Waals surface area contributed by atoms with E-state index in [1.165, 1.54) is 13.0 Å². The quantitative estimate of drug-likeness (QED) is 0.0692. The molecule has 18 unspecified atom stereocenters. The summed E-state index contributed by atoms with van der Waals surface area (Å²) in [7, 11) is 0. The second-order valence-corrected chi connectivity index (χ2v) is 21.0. The van der Waals surface area contributed by atoms with Gasteiger partial charge in [-0.15, -0.1) is 0 Å². The number of esters is 1. The number of aliphatic hydroxyl groups is 9. The van der Waals surface area contributed by atoms with Crippen LogP contribution >= 0.6 is 0 Å². The lowest BCUT2D eigenvalue weighted by atomic mass is 9.82. The molecule has 0 spiro atoms. The molecule has 20 heteroatoms. The smallest absolute Gasteiger partial charge is 0.313 e. The number of carboxylic acids is 1. The Kier molecular flexibility index (Phi) is 27.6. The first kappa shape index (κ1) is 65.5. The summed E-state index contributed by atoms with van der Waals surface area (Å²) < 4.78 is 23.7. The number of anilines is 1. The van der Waals surface area contributed by atoms with E-state index in [4.69, 9.17) is 30.4 Å². The van der Waals surface area contributed by atoms with Crippen LogP contribution in [0.3, 0.4) is 0 Å². The number of carbonyl (C=O) groups excluding carboxylic acids is 3. The highest BCUT2D eigenvalue weighted by atomic mass is 16.7. The molecule has 2 saturated heterocycles. The number of ketones is 2. The molecule has 1 aromatic carbocycles. The second-order valence-electron chi connectivity index (χ2n) is 21.0. The Balaban J connectivity index is 1.52. The average Bonchev–Trinajstić information content (AvgIpc) is 3.41. The number of nitrogen functional groups attached to an aromatic ring is 1. The molecular weight excluding hydrogens is 1010 g/mol. The molecule has 20 nitrogen and oxygen atoms in total. The van der Waals surface area contributed by atoms with E-state index < -0.39 is 141 Å². The second kappa shape index (κ2) is 32.9. The fourth-order valence-corrected chi connectivity index (χ4v) is 9.84. The minimum absolute atomic E-state index is 0.0720. The summed E-state index contributed by atoms with van der Waals surface area (Å²) in [4.78, 5) is 51.6. The van der Waals surface area contributed by atoms with Crippen molar-refractivity contribution in [3.05, 3.63) is 115 Å². The molecule has 2 bridgehead atoms. The zero-order valence-electron chi connectivity index (χ0n) is 44.8. The molecule has 78 heavy (non-hydrogen) atoms. The van der Waals surface area contributed by atoms with Gasteiger partial charge in [0.2, 0.25) is 0 Å². The standard InChI is InChI=1S/C58H84N2O18/c1-35-17-14-12-10-8-6-4-5-7-9-11-13-15-20-46(76-57-54(71)52(60)53(70)37(3)75-57)32-49-51(56(72)73)48(68)34-58(74,78-49)33-45(66)28-41(62)19-16-18-40(61)27-43(64)29-44(65)31-50(69)77-55(35)36(2)21-26-42(63)30-47(67)38-22-24-39(59)25-23-38/h4-15,17,20,22-25,35-37,40-43,45-46,48-49,51-55,57,61-64,66,68,70-71,74H,16,18-19,21,26-34,59-60H2,1-3H3,(H,72,73)/b5-4+,8-6+,9-7+,12-10+,13-11+,17-14+,20-15+. The molecule has 14 N–H and O–H groups in total. The van der Waals surface area contributed by atoms with Crippen LogP contribution in [0, 0.1) is 17.8 Å². The third kappa shape index (κ3) is 22.6. The summed E-state index contributed by atoms with van der Waals surface area (Å²) in [5.41, 5.74) is 12.7. The van der Waals surface area contributed by atoms with Gasteiger partial charge in [0.05, 0.1) is 67.1 Å². The minimum Gasteiger partial charge on any atom is -0.481 e. The van der Waals surface area contributed by atoms with Crippen LogP contribution in [0.5, 0.6) is 0 Å². The molecule has 1 aromatic rings. The van der Waals surface area contributed by atoms with Gasteiger partial charge in [-0.1, -0.05) is 98.9 Å². The molecule has 0 aromatic heterocycles. The van der Waals surface area contributed by atoms with Crippen LogP contribution in [0.15, 0.2) is 109 Å². The summed E-state index contributed by atoms with van der Waals surface area (Å²) in [6.45, 7) is 5.23. The molecular formula is C58H84N2O18. The number of benzene rings is 1. The lowest BCUT2D eigenvalue weighted by molar-refractivity contribution is -0.308. The number of nitrogens with two attached hydrogens (primary N) is 2. The third-order valence-corrected chi connectivity index (χ3v) is 14.1. The van der Waals surface area contributed by atoms with E-state index >= 15 is 0 Å². The molecule has 2 fully saturated rings. The van der Waals surface area contributed by atoms with Crippen LogP contribution in [0.1, 0.15) is 115 Å². The lowest BCUT2D eigenvalue weighted by Gasteiger charge is -2.45. The van der Waals surface area contributed by atoms with Gasteiger partial charge < -0.3 is 81.5 Å². The van der Waals surface area contributed by atoms with E-state index in [0.717, 1.165) is 0 Å². The molecule has 3 aliphatic heterocycles. The molecule has 0 saturated carbocycles. The maximum atomic E-state index is 13.3. The zero-order chi connectivity index (χ0) is 57.5. The van der Waals surface area contributed by atoms with E-state index in [0.29, 0.717) is 17.7 Å². The molecule has 18 atom stereocenters. The highest BCUT2D eigenvalue weighted by Gasteiger charge is 2.51. The summed E-state index contributed by atoms with van der Waals surface area (Å²) >= 11 is 0. The van der Waals surface area contributed by atoms with E-state index in [1.54, 1.807) is 97.2 Å². The largest absolute Gasteiger partial charge is 0.481 e. The SMILES string of the molecule is CC1/C=C/C=C/C=C/C=C/C=C/C=C/C=C/C(OC2OC(C)C(O)C(N)C2O)CC2OC(O)(CC(O)CC(O)CCCC(O)CC(O)CC(=O)CC(=O)OC1C(C)CCC(O)CC(=O)c1ccc(N)cc1)CC(O)C2C(=O)O. The molecule has 0 aliphatic carbocycles. The van der Waals surface area contributed by atoms with E-state index in [9.17, 15) is 70.2 Å². The number of rotatable bonds is 10. The predicted molar refractivity (Wildman–Crippen MR) is 289 cm³/mol. The Morgan fingerprint density at radius 1 is 0.756 bits per heavy atom. The van der Waals surface area contributed by atoms with Gasteiger partial charge >= 0.3 is 11.9 Å². The lowest BCUT2D eigenvalue weighted by Crippen LogP contribution is -2.61. The van der Waals surface area contributed by atoms with Gasteiger partial charge in [0.1, 0.15) is 30.3 Å². The first-order valence-electron chi connectivity index (χ1n) is 26.9. The molecule has 0 radical (unpaired) electrons.